The molecule has 2 heteroatoms. The van der Waals surface area contributed by atoms with Crippen molar-refractivity contribution in [2.45, 2.75) is 18.2 Å². The molecule has 0 radical (unpaired) electrons. The topological polar surface area (TPSA) is 23.9 Å². The lowest BCUT2D eigenvalue weighted by Gasteiger charge is -2.07. The lowest BCUT2D eigenvalue weighted by Crippen LogP contribution is -1.93. The Balaban J connectivity index is 2.07. The number of rotatable bonds is 2. The van der Waals surface area contributed by atoms with E-state index in [0.717, 1.165) is 6.42 Å². The van der Waals surface area contributed by atoms with Crippen LogP contribution in [0.5, 0.6) is 0 Å². The molecule has 15 heavy (non-hydrogen) atoms. The summed E-state index contributed by atoms with van der Waals surface area (Å²) in [4.78, 5) is 2.49. The second-order valence-electron chi connectivity index (χ2n) is 3.58. The number of aryl methyl sites for hydroxylation is 1. The average molecular weight is 215 g/mol. The maximum Gasteiger partial charge on any atom is 0.0352 e. The van der Waals surface area contributed by atoms with Crippen molar-refractivity contribution in [3.8, 4) is 0 Å². The fourth-order valence-electron chi connectivity index (χ4n) is 1.35. The van der Waals surface area contributed by atoms with Crippen LogP contribution in [0.2, 0.25) is 0 Å². The first-order valence-corrected chi connectivity index (χ1v) is 5.76. The minimum absolute atomic E-state index is 0.684. The molecule has 0 aliphatic heterocycles. The molecule has 0 heterocycles. The monoisotopic (exact) mass is 215 g/mol. The third kappa shape index (κ3) is 2.83. The summed E-state index contributed by atoms with van der Waals surface area (Å²) in [5.41, 5.74) is 1.97. The van der Waals surface area contributed by atoms with Gasteiger partial charge in [0.15, 0.2) is 0 Å². The van der Waals surface area contributed by atoms with Gasteiger partial charge in [-0.2, -0.15) is 0 Å². The fraction of sp³-hybridized carbons (Fsp3) is 0.154. The van der Waals surface area contributed by atoms with Crippen LogP contribution in [0.4, 0.5) is 0 Å². The molecule has 0 fully saturated rings. The summed E-state index contributed by atoms with van der Waals surface area (Å²) in [5, 5.41) is 7.45. The summed E-state index contributed by atoms with van der Waals surface area (Å²) in [6.07, 6.45) is 6.74. The van der Waals surface area contributed by atoms with Crippen molar-refractivity contribution < 1.29 is 0 Å². The molecule has 0 spiro atoms. The lowest BCUT2D eigenvalue weighted by molar-refractivity contribution is 1.35. The Bertz CT molecular complexity index is 426. The van der Waals surface area contributed by atoms with Gasteiger partial charge in [0.1, 0.15) is 0 Å². The largest absolute Gasteiger partial charge is 0.305 e. The number of thioether (sulfide) groups is 1. The highest BCUT2D eigenvalue weighted by atomic mass is 32.2. The maximum atomic E-state index is 7.45. The molecule has 2 rings (SSSR count). The molecule has 0 amide bonds. The SMILES string of the molecule is Cc1ccc(SC2=CCC(=N)C=C2)cc1. The molecule has 0 unspecified atom stereocenters. The predicted molar refractivity (Wildman–Crippen MR) is 66.6 cm³/mol. The number of hydrogen-bond acceptors (Lipinski definition) is 2. The van der Waals surface area contributed by atoms with Gasteiger partial charge in [0, 0.05) is 21.9 Å². The van der Waals surface area contributed by atoms with E-state index in [-0.39, 0.29) is 0 Å². The third-order valence-corrected chi connectivity index (χ3v) is 3.27. The first-order valence-electron chi connectivity index (χ1n) is 4.94. The van der Waals surface area contributed by atoms with Gasteiger partial charge in [-0.1, -0.05) is 35.5 Å². The van der Waals surface area contributed by atoms with Gasteiger partial charge in [-0.05, 0) is 31.2 Å². The Morgan fingerprint density at radius 2 is 1.87 bits per heavy atom. The molecule has 1 aliphatic rings. The van der Waals surface area contributed by atoms with E-state index in [9.17, 15) is 0 Å². The van der Waals surface area contributed by atoms with Crippen molar-refractivity contribution >= 4 is 17.5 Å². The highest BCUT2D eigenvalue weighted by molar-refractivity contribution is 8.03. The van der Waals surface area contributed by atoms with Gasteiger partial charge in [0.2, 0.25) is 0 Å². The third-order valence-electron chi connectivity index (χ3n) is 2.23. The van der Waals surface area contributed by atoms with Gasteiger partial charge in [-0.15, -0.1) is 0 Å². The standard InChI is InChI=1S/C13H13NS/c1-10-2-6-12(7-3-10)15-13-8-4-11(14)5-9-13/h2-4,6-9,14H,5H2,1H3. The van der Waals surface area contributed by atoms with E-state index in [0.29, 0.717) is 5.71 Å². The van der Waals surface area contributed by atoms with Crippen LogP contribution in [-0.2, 0) is 0 Å². The zero-order chi connectivity index (χ0) is 10.7. The predicted octanol–water partition coefficient (Wildman–Crippen LogP) is 3.95. The van der Waals surface area contributed by atoms with Gasteiger partial charge in [-0.3, -0.25) is 0 Å². The average Bonchev–Trinajstić information content (AvgIpc) is 2.25. The van der Waals surface area contributed by atoms with Crippen LogP contribution in [0.3, 0.4) is 0 Å². The van der Waals surface area contributed by atoms with Crippen LogP contribution in [0.15, 0.2) is 52.3 Å². The van der Waals surface area contributed by atoms with Crippen molar-refractivity contribution in [2.24, 2.45) is 0 Å². The Labute approximate surface area is 94.4 Å². The molecular weight excluding hydrogens is 202 g/mol. The van der Waals surface area contributed by atoms with Crippen LogP contribution in [-0.4, -0.2) is 5.71 Å². The quantitative estimate of drug-likeness (QED) is 0.793. The molecule has 1 aromatic carbocycles. The molecule has 0 saturated carbocycles. The highest BCUT2D eigenvalue weighted by Crippen LogP contribution is 2.29. The van der Waals surface area contributed by atoms with Gasteiger partial charge in [-0.25, -0.2) is 0 Å². The van der Waals surface area contributed by atoms with Crippen molar-refractivity contribution in [3.63, 3.8) is 0 Å². The van der Waals surface area contributed by atoms with Crippen LogP contribution in [0.25, 0.3) is 0 Å². The molecule has 0 bridgehead atoms. The zero-order valence-electron chi connectivity index (χ0n) is 8.66. The van der Waals surface area contributed by atoms with E-state index in [1.165, 1.54) is 15.4 Å². The van der Waals surface area contributed by atoms with Crippen LogP contribution < -0.4 is 0 Å². The Kier molecular flexibility index (Phi) is 3.07. The molecule has 1 aliphatic carbocycles. The van der Waals surface area contributed by atoms with Gasteiger partial charge in [0.25, 0.3) is 0 Å². The molecule has 1 aromatic rings. The summed E-state index contributed by atoms with van der Waals surface area (Å²) in [6, 6.07) is 8.51. The molecule has 0 atom stereocenters. The summed E-state index contributed by atoms with van der Waals surface area (Å²) in [6.45, 7) is 2.09. The molecule has 1 N–H and O–H groups in total. The van der Waals surface area contributed by atoms with Crippen LogP contribution in [0, 0.1) is 12.3 Å². The van der Waals surface area contributed by atoms with Gasteiger partial charge in [0.05, 0.1) is 0 Å². The molecule has 76 valence electrons. The van der Waals surface area contributed by atoms with E-state index in [1.807, 2.05) is 12.2 Å². The first-order chi connectivity index (χ1) is 7.24. The van der Waals surface area contributed by atoms with E-state index in [1.54, 1.807) is 11.8 Å². The normalized spacial score (nSPS) is 15.3. The molecule has 0 aromatic heterocycles. The minimum atomic E-state index is 0.684. The minimum Gasteiger partial charge on any atom is -0.305 e. The smallest absolute Gasteiger partial charge is 0.0352 e. The maximum absolute atomic E-state index is 7.45. The van der Waals surface area contributed by atoms with Crippen molar-refractivity contribution in [3.05, 3.63) is 53.0 Å². The summed E-state index contributed by atoms with van der Waals surface area (Å²) < 4.78 is 0. The second kappa shape index (κ2) is 4.49. The van der Waals surface area contributed by atoms with E-state index in [2.05, 4.69) is 37.3 Å². The van der Waals surface area contributed by atoms with Crippen LogP contribution >= 0.6 is 11.8 Å². The first kappa shape index (κ1) is 10.2. The van der Waals surface area contributed by atoms with Crippen molar-refractivity contribution in [2.75, 3.05) is 0 Å². The van der Waals surface area contributed by atoms with E-state index in [4.69, 9.17) is 5.41 Å². The Morgan fingerprint density at radius 1 is 1.13 bits per heavy atom. The van der Waals surface area contributed by atoms with E-state index < -0.39 is 0 Å². The molecule has 1 nitrogen and oxygen atoms in total. The number of benzene rings is 1. The van der Waals surface area contributed by atoms with Crippen LogP contribution in [0.1, 0.15) is 12.0 Å². The van der Waals surface area contributed by atoms with Crippen molar-refractivity contribution in [1.82, 2.24) is 0 Å². The van der Waals surface area contributed by atoms with Gasteiger partial charge >= 0.3 is 0 Å². The number of hydrogen-bond donors (Lipinski definition) is 1. The fourth-order valence-corrected chi connectivity index (χ4v) is 2.19. The Hall–Kier alpha value is -1.28. The molecular formula is C13H13NS. The van der Waals surface area contributed by atoms with Crippen molar-refractivity contribution in [1.29, 1.82) is 5.41 Å². The van der Waals surface area contributed by atoms with Gasteiger partial charge < -0.3 is 5.41 Å². The zero-order valence-corrected chi connectivity index (χ0v) is 9.47. The molecule has 0 saturated heterocycles. The summed E-state index contributed by atoms with van der Waals surface area (Å²) >= 11 is 1.75. The lowest BCUT2D eigenvalue weighted by atomic mass is 10.2. The summed E-state index contributed by atoms with van der Waals surface area (Å²) in [5.74, 6) is 0. The summed E-state index contributed by atoms with van der Waals surface area (Å²) in [7, 11) is 0. The Morgan fingerprint density at radius 3 is 2.47 bits per heavy atom. The second-order valence-corrected chi connectivity index (χ2v) is 4.73. The number of nitrogens with one attached hydrogen (secondary N) is 1. The number of allylic oxidation sites excluding steroid dienone is 3. The van der Waals surface area contributed by atoms with E-state index >= 15 is 0 Å². The highest BCUT2D eigenvalue weighted by Gasteiger charge is 2.02.